The topological polar surface area (TPSA) is 83.0 Å². The van der Waals surface area contributed by atoms with Gasteiger partial charge in [0.25, 0.3) is 11.7 Å². The third-order valence-electron chi connectivity index (χ3n) is 6.05. The number of pyridine rings is 1. The van der Waals surface area contributed by atoms with E-state index in [2.05, 4.69) is 4.98 Å². The first-order valence-electron chi connectivity index (χ1n) is 11.5. The van der Waals surface area contributed by atoms with Crippen LogP contribution in [0.25, 0.3) is 5.76 Å². The molecule has 0 bridgehead atoms. The van der Waals surface area contributed by atoms with Crippen molar-refractivity contribution in [3.05, 3.63) is 101 Å². The van der Waals surface area contributed by atoms with Gasteiger partial charge in [-0.05, 0) is 68.0 Å². The average Bonchev–Trinajstić information content (AvgIpc) is 3.12. The van der Waals surface area contributed by atoms with Gasteiger partial charge in [-0.15, -0.1) is 0 Å². The molecule has 0 radical (unpaired) electrons. The number of aromatic nitrogens is 1. The van der Waals surface area contributed by atoms with Crippen LogP contribution >= 0.6 is 0 Å². The first-order valence-corrected chi connectivity index (χ1v) is 11.5. The third-order valence-corrected chi connectivity index (χ3v) is 6.05. The maximum absolute atomic E-state index is 13.1. The molecule has 1 fully saturated rings. The molecule has 0 aliphatic carbocycles. The number of hydrogen-bond acceptors (Lipinski definition) is 6. The van der Waals surface area contributed by atoms with E-state index in [0.717, 1.165) is 16.7 Å². The molecule has 0 saturated carbocycles. The number of benzene rings is 2. The lowest BCUT2D eigenvalue weighted by Crippen LogP contribution is -2.35. The predicted octanol–water partition coefficient (Wildman–Crippen LogP) is 3.95. The molecule has 1 aliphatic rings. The molecule has 3 aromatic rings. The van der Waals surface area contributed by atoms with Gasteiger partial charge in [-0.1, -0.05) is 30.3 Å². The van der Waals surface area contributed by atoms with E-state index < -0.39 is 17.7 Å². The predicted molar refractivity (Wildman–Crippen MR) is 134 cm³/mol. The van der Waals surface area contributed by atoms with Crippen LogP contribution in [0.1, 0.15) is 28.3 Å². The van der Waals surface area contributed by atoms with Crippen LogP contribution in [0.4, 0.5) is 0 Å². The molecule has 0 unspecified atom stereocenters. The van der Waals surface area contributed by atoms with E-state index in [4.69, 9.17) is 4.74 Å². The van der Waals surface area contributed by atoms with Crippen molar-refractivity contribution in [1.29, 1.82) is 0 Å². The largest absolute Gasteiger partial charge is 0.507 e. The summed E-state index contributed by atoms with van der Waals surface area (Å²) < 4.78 is 5.89. The highest BCUT2D eigenvalue weighted by Gasteiger charge is 2.46. The van der Waals surface area contributed by atoms with Gasteiger partial charge in [0.05, 0.1) is 11.6 Å². The van der Waals surface area contributed by atoms with Crippen molar-refractivity contribution >= 4 is 17.4 Å². The van der Waals surface area contributed by atoms with Gasteiger partial charge in [0.15, 0.2) is 0 Å². The number of hydrogen-bond donors (Lipinski definition) is 1. The average molecular weight is 472 g/mol. The number of likely N-dealkylation sites (tertiary alicyclic amines) is 1. The number of nitrogens with zero attached hydrogens (tertiary/aromatic N) is 3. The Morgan fingerprint density at radius 1 is 1.06 bits per heavy atom. The highest BCUT2D eigenvalue weighted by atomic mass is 16.5. The number of Topliss-reactive ketones (excluding diaryl/α,β-unsaturated/α-hetero) is 1. The molecule has 35 heavy (non-hydrogen) atoms. The number of likely N-dealkylation sites (N-methyl/N-ethyl adjacent to an activating group) is 1. The summed E-state index contributed by atoms with van der Waals surface area (Å²) in [5.74, 6) is -0.841. The molecule has 1 aliphatic heterocycles. The second-order valence-corrected chi connectivity index (χ2v) is 8.83. The Labute approximate surface area is 205 Å². The van der Waals surface area contributed by atoms with Crippen LogP contribution in [0.15, 0.2) is 78.6 Å². The lowest BCUT2D eigenvalue weighted by atomic mass is 9.94. The van der Waals surface area contributed by atoms with Crippen LogP contribution in [0.3, 0.4) is 0 Å². The summed E-state index contributed by atoms with van der Waals surface area (Å²) >= 11 is 0. The van der Waals surface area contributed by atoms with Crippen molar-refractivity contribution in [2.75, 3.05) is 27.2 Å². The van der Waals surface area contributed by atoms with Crippen LogP contribution in [-0.2, 0) is 16.2 Å². The SMILES string of the molecule is Cc1cc(OCc2ccccc2)ccc1C(O)=C1C(=O)C(=O)N(CCN(C)C)[C@@H]1c1ccncc1. The molecule has 180 valence electrons. The molecule has 2 heterocycles. The van der Waals surface area contributed by atoms with Crippen LogP contribution in [0.5, 0.6) is 5.75 Å². The van der Waals surface area contributed by atoms with Gasteiger partial charge in [0.1, 0.15) is 18.1 Å². The fraction of sp³-hybridized carbons (Fsp3) is 0.250. The van der Waals surface area contributed by atoms with Crippen molar-refractivity contribution in [3.8, 4) is 5.75 Å². The molecular formula is C28H29N3O4. The number of ether oxygens (including phenoxy) is 1. The molecule has 7 nitrogen and oxygen atoms in total. The molecular weight excluding hydrogens is 442 g/mol. The van der Waals surface area contributed by atoms with E-state index in [1.165, 1.54) is 4.90 Å². The fourth-order valence-electron chi connectivity index (χ4n) is 4.19. The minimum atomic E-state index is -0.689. The second kappa shape index (κ2) is 10.5. The molecule has 0 spiro atoms. The number of rotatable bonds is 8. The first kappa shape index (κ1) is 24.2. The van der Waals surface area contributed by atoms with Gasteiger partial charge < -0.3 is 19.6 Å². The van der Waals surface area contributed by atoms with Crippen LogP contribution in [0.2, 0.25) is 0 Å². The molecule has 1 amide bonds. The number of ketones is 1. The van der Waals surface area contributed by atoms with Crippen LogP contribution in [0, 0.1) is 6.92 Å². The van der Waals surface area contributed by atoms with Gasteiger partial charge in [0, 0.05) is 31.0 Å². The van der Waals surface area contributed by atoms with E-state index in [-0.39, 0.29) is 11.3 Å². The zero-order chi connectivity index (χ0) is 24.9. The number of aliphatic hydroxyl groups excluding tert-OH is 1. The zero-order valence-electron chi connectivity index (χ0n) is 20.1. The standard InChI is InChI=1S/C28H29N3O4/c1-19-17-22(35-18-20-7-5-4-6-8-20)9-10-23(19)26(32)24-25(21-11-13-29-14-12-21)31(16-15-30(2)3)28(34)27(24)33/h4-14,17,25,32H,15-16,18H2,1-3H3/t25-/m1/s1. The smallest absolute Gasteiger partial charge is 0.295 e. The fourth-order valence-corrected chi connectivity index (χ4v) is 4.19. The van der Waals surface area contributed by atoms with Gasteiger partial charge in [-0.3, -0.25) is 14.6 Å². The Morgan fingerprint density at radius 3 is 2.43 bits per heavy atom. The van der Waals surface area contributed by atoms with Crippen molar-refractivity contribution in [2.24, 2.45) is 0 Å². The van der Waals surface area contributed by atoms with Gasteiger partial charge in [-0.2, -0.15) is 0 Å². The second-order valence-electron chi connectivity index (χ2n) is 8.83. The van der Waals surface area contributed by atoms with Gasteiger partial charge in [-0.25, -0.2) is 0 Å². The van der Waals surface area contributed by atoms with E-state index in [0.29, 0.717) is 31.0 Å². The summed E-state index contributed by atoms with van der Waals surface area (Å²) in [5, 5.41) is 11.3. The molecule has 1 atom stereocenters. The Hall–Kier alpha value is -3.97. The molecule has 7 heteroatoms. The number of carbonyl (C=O) groups excluding carboxylic acids is 2. The number of aryl methyl sites for hydroxylation is 1. The quantitative estimate of drug-likeness (QED) is 0.304. The Balaban J connectivity index is 1.68. The molecule has 1 N–H and O–H groups in total. The monoisotopic (exact) mass is 471 g/mol. The summed E-state index contributed by atoms with van der Waals surface area (Å²) in [7, 11) is 3.81. The zero-order valence-corrected chi connectivity index (χ0v) is 20.1. The highest BCUT2D eigenvalue weighted by molar-refractivity contribution is 6.46. The number of carbonyl (C=O) groups is 2. The summed E-state index contributed by atoms with van der Waals surface area (Å²) in [6.07, 6.45) is 3.23. The van der Waals surface area contributed by atoms with E-state index in [1.54, 1.807) is 36.7 Å². The molecule has 1 saturated heterocycles. The maximum Gasteiger partial charge on any atom is 0.295 e. The summed E-state index contributed by atoms with van der Waals surface area (Å²) in [6.45, 7) is 3.20. The minimum absolute atomic E-state index is 0.0843. The van der Waals surface area contributed by atoms with Gasteiger partial charge in [0.2, 0.25) is 0 Å². The summed E-state index contributed by atoms with van der Waals surface area (Å²) in [4.78, 5) is 33.6. The van der Waals surface area contributed by atoms with Crippen LogP contribution in [-0.4, -0.2) is 58.8 Å². The van der Waals surface area contributed by atoms with Crippen molar-refractivity contribution in [3.63, 3.8) is 0 Å². The lowest BCUT2D eigenvalue weighted by Gasteiger charge is -2.26. The minimum Gasteiger partial charge on any atom is -0.507 e. The van der Waals surface area contributed by atoms with Crippen molar-refractivity contribution < 1.29 is 19.4 Å². The van der Waals surface area contributed by atoms with Crippen molar-refractivity contribution in [2.45, 2.75) is 19.6 Å². The number of aliphatic hydroxyl groups is 1. The number of amides is 1. The van der Waals surface area contributed by atoms with Crippen LogP contribution < -0.4 is 4.74 Å². The van der Waals surface area contributed by atoms with E-state index in [9.17, 15) is 14.7 Å². The normalized spacial score (nSPS) is 17.3. The Morgan fingerprint density at radius 2 is 1.77 bits per heavy atom. The van der Waals surface area contributed by atoms with E-state index >= 15 is 0 Å². The first-order chi connectivity index (χ1) is 16.9. The third kappa shape index (κ3) is 5.25. The molecule has 4 rings (SSSR count). The summed E-state index contributed by atoms with van der Waals surface area (Å²) in [5.41, 5.74) is 3.08. The van der Waals surface area contributed by atoms with Gasteiger partial charge >= 0.3 is 0 Å². The Bertz CT molecular complexity index is 1240. The molecule has 2 aromatic carbocycles. The highest BCUT2D eigenvalue weighted by Crippen LogP contribution is 2.39. The summed E-state index contributed by atoms with van der Waals surface area (Å²) in [6, 6.07) is 18.0. The van der Waals surface area contributed by atoms with Crippen molar-refractivity contribution in [1.82, 2.24) is 14.8 Å². The maximum atomic E-state index is 13.1. The Kier molecular flexibility index (Phi) is 7.27. The lowest BCUT2D eigenvalue weighted by molar-refractivity contribution is -0.140. The molecule has 1 aromatic heterocycles. The van der Waals surface area contributed by atoms with E-state index in [1.807, 2.05) is 62.3 Å².